The van der Waals surface area contributed by atoms with Gasteiger partial charge in [0, 0.05) is 33.5 Å². The van der Waals surface area contributed by atoms with Crippen LogP contribution < -0.4 is 9.80 Å². The Morgan fingerprint density at radius 3 is 1.50 bits per heavy atom. The monoisotopic (exact) mass is 592 g/mol. The van der Waals surface area contributed by atoms with Gasteiger partial charge in [0.25, 0.3) is 0 Å². The third kappa shape index (κ3) is 5.58. The quantitative estimate of drug-likeness (QED) is 0.162. The van der Waals surface area contributed by atoms with Crippen molar-refractivity contribution in [2.45, 2.75) is 13.8 Å². The Morgan fingerprint density at radius 2 is 0.913 bits per heavy atom. The van der Waals surface area contributed by atoms with Crippen molar-refractivity contribution in [2.24, 2.45) is 0 Å². The van der Waals surface area contributed by atoms with Crippen LogP contribution in [0.2, 0.25) is 0 Å². The molecule has 0 aliphatic heterocycles. The predicted octanol–water partition coefficient (Wildman–Crippen LogP) is 12.7. The van der Waals surface area contributed by atoms with E-state index in [0.29, 0.717) is 0 Å². The van der Waals surface area contributed by atoms with Crippen LogP contribution in [-0.2, 0) is 0 Å². The van der Waals surface area contributed by atoms with Crippen molar-refractivity contribution in [1.29, 1.82) is 0 Å². The standard InChI is InChI=1S/C44H36N2/c1-3-14-37(4-2)45(43-23-12-17-35-15-8-10-21-41(35)43)39-29-25-33(26-30-39)34-27-31-40(32-28-34)46(38-19-6-5-7-20-38)44-24-13-18-36-16-9-11-22-42(36)44/h3-32H,1-2H3/b14-3-,37-4+. The molecule has 0 unspecified atom stereocenters. The lowest BCUT2D eigenvalue weighted by molar-refractivity contribution is 1.21. The second-order valence-corrected chi connectivity index (χ2v) is 11.3. The van der Waals surface area contributed by atoms with Gasteiger partial charge in [-0.25, -0.2) is 0 Å². The fourth-order valence-corrected chi connectivity index (χ4v) is 6.31. The zero-order chi connectivity index (χ0) is 31.3. The maximum atomic E-state index is 2.34. The molecule has 222 valence electrons. The van der Waals surface area contributed by atoms with E-state index in [1.54, 1.807) is 0 Å². The molecule has 0 aliphatic rings. The lowest BCUT2D eigenvalue weighted by atomic mass is 10.0. The van der Waals surface area contributed by atoms with Gasteiger partial charge in [0.1, 0.15) is 0 Å². The van der Waals surface area contributed by atoms with Gasteiger partial charge in [-0.15, -0.1) is 0 Å². The molecule has 7 rings (SSSR count). The summed E-state index contributed by atoms with van der Waals surface area (Å²) < 4.78 is 0. The first-order valence-corrected chi connectivity index (χ1v) is 15.9. The van der Waals surface area contributed by atoms with E-state index in [2.05, 4.69) is 206 Å². The number of hydrogen-bond acceptors (Lipinski definition) is 2. The van der Waals surface area contributed by atoms with Crippen LogP contribution in [0, 0.1) is 0 Å². The molecule has 0 atom stereocenters. The smallest absolute Gasteiger partial charge is 0.0540 e. The second-order valence-electron chi connectivity index (χ2n) is 11.3. The summed E-state index contributed by atoms with van der Waals surface area (Å²) in [6, 6.07) is 58.6. The SMILES string of the molecule is C/C=C\C(=C/C)N(c1ccc(-c2ccc(N(c3ccccc3)c3cccc4ccccc34)cc2)cc1)c1cccc2ccccc12. The second kappa shape index (κ2) is 13.0. The lowest BCUT2D eigenvalue weighted by Crippen LogP contribution is -2.15. The first-order chi connectivity index (χ1) is 22.7. The summed E-state index contributed by atoms with van der Waals surface area (Å²) in [6.07, 6.45) is 6.44. The van der Waals surface area contributed by atoms with Crippen LogP contribution in [0.15, 0.2) is 188 Å². The summed E-state index contributed by atoms with van der Waals surface area (Å²) in [5.74, 6) is 0. The molecule has 7 aromatic rings. The van der Waals surface area contributed by atoms with Crippen molar-refractivity contribution in [3.8, 4) is 11.1 Å². The van der Waals surface area contributed by atoms with Crippen LogP contribution in [0.3, 0.4) is 0 Å². The Balaban J connectivity index is 1.25. The first kappa shape index (κ1) is 28.9. The van der Waals surface area contributed by atoms with Gasteiger partial charge >= 0.3 is 0 Å². The topological polar surface area (TPSA) is 6.48 Å². The first-order valence-electron chi connectivity index (χ1n) is 15.9. The highest BCUT2D eigenvalue weighted by Gasteiger charge is 2.17. The highest BCUT2D eigenvalue weighted by molar-refractivity contribution is 5.99. The molecule has 7 aromatic carbocycles. The third-order valence-electron chi connectivity index (χ3n) is 8.51. The van der Waals surface area contributed by atoms with Crippen LogP contribution in [-0.4, -0.2) is 0 Å². The fourth-order valence-electron chi connectivity index (χ4n) is 6.31. The predicted molar refractivity (Wildman–Crippen MR) is 199 cm³/mol. The van der Waals surface area contributed by atoms with Gasteiger partial charge in [0.15, 0.2) is 0 Å². The number of hydrogen-bond donors (Lipinski definition) is 0. The summed E-state index contributed by atoms with van der Waals surface area (Å²) >= 11 is 0. The lowest BCUT2D eigenvalue weighted by Gasteiger charge is -2.28. The number of anilines is 5. The summed E-state index contributed by atoms with van der Waals surface area (Å²) in [7, 11) is 0. The van der Waals surface area contributed by atoms with Gasteiger partial charge < -0.3 is 9.80 Å². The maximum absolute atomic E-state index is 2.34. The van der Waals surface area contributed by atoms with Gasteiger partial charge in [-0.2, -0.15) is 0 Å². The Labute approximate surface area is 271 Å². The van der Waals surface area contributed by atoms with E-state index in [1.165, 1.54) is 32.7 Å². The van der Waals surface area contributed by atoms with E-state index in [-0.39, 0.29) is 0 Å². The number of nitrogens with zero attached hydrogens (tertiary/aromatic N) is 2. The molecular weight excluding hydrogens is 556 g/mol. The summed E-state index contributed by atoms with van der Waals surface area (Å²) in [5, 5.41) is 4.90. The summed E-state index contributed by atoms with van der Waals surface area (Å²) in [4.78, 5) is 4.69. The summed E-state index contributed by atoms with van der Waals surface area (Å²) in [5.41, 5.74) is 9.18. The van der Waals surface area contributed by atoms with E-state index in [0.717, 1.165) is 34.1 Å². The molecular formula is C44H36N2. The zero-order valence-corrected chi connectivity index (χ0v) is 26.2. The molecule has 0 fully saturated rings. The molecule has 0 amide bonds. The number of fused-ring (bicyclic) bond motifs is 2. The highest BCUT2D eigenvalue weighted by atomic mass is 15.2. The van der Waals surface area contributed by atoms with Gasteiger partial charge in [-0.05, 0) is 90.4 Å². The maximum Gasteiger partial charge on any atom is 0.0540 e. The van der Waals surface area contributed by atoms with Crippen LogP contribution in [0.25, 0.3) is 32.7 Å². The average molecular weight is 593 g/mol. The van der Waals surface area contributed by atoms with E-state index in [9.17, 15) is 0 Å². The normalized spacial score (nSPS) is 11.7. The largest absolute Gasteiger partial charge is 0.310 e. The average Bonchev–Trinajstić information content (AvgIpc) is 3.13. The minimum atomic E-state index is 1.12. The Kier molecular flexibility index (Phi) is 8.17. The molecule has 0 radical (unpaired) electrons. The van der Waals surface area contributed by atoms with Crippen molar-refractivity contribution >= 4 is 50.0 Å². The molecule has 0 aliphatic carbocycles. The van der Waals surface area contributed by atoms with Crippen molar-refractivity contribution in [2.75, 3.05) is 9.80 Å². The van der Waals surface area contributed by atoms with Crippen LogP contribution in [0.5, 0.6) is 0 Å². The van der Waals surface area contributed by atoms with E-state index in [1.807, 2.05) is 0 Å². The Morgan fingerprint density at radius 1 is 0.435 bits per heavy atom. The molecule has 0 aromatic heterocycles. The number of para-hydroxylation sites is 1. The van der Waals surface area contributed by atoms with Crippen LogP contribution >= 0.6 is 0 Å². The van der Waals surface area contributed by atoms with Crippen LogP contribution in [0.4, 0.5) is 28.4 Å². The van der Waals surface area contributed by atoms with Gasteiger partial charge in [-0.3, -0.25) is 0 Å². The minimum Gasteiger partial charge on any atom is -0.310 e. The molecule has 46 heavy (non-hydrogen) atoms. The van der Waals surface area contributed by atoms with Gasteiger partial charge in [0.2, 0.25) is 0 Å². The van der Waals surface area contributed by atoms with E-state index >= 15 is 0 Å². The van der Waals surface area contributed by atoms with Gasteiger partial charge in [0.05, 0.1) is 11.4 Å². The van der Waals surface area contributed by atoms with E-state index < -0.39 is 0 Å². The zero-order valence-electron chi connectivity index (χ0n) is 26.2. The molecule has 2 heteroatoms. The fraction of sp³-hybridized carbons (Fsp3) is 0.0455. The molecule has 0 heterocycles. The molecule has 0 bridgehead atoms. The minimum absolute atomic E-state index is 1.12. The third-order valence-corrected chi connectivity index (χ3v) is 8.51. The van der Waals surface area contributed by atoms with Crippen molar-refractivity contribution in [1.82, 2.24) is 0 Å². The number of allylic oxidation sites excluding steroid dienone is 3. The van der Waals surface area contributed by atoms with Crippen molar-refractivity contribution in [3.63, 3.8) is 0 Å². The molecule has 0 N–H and O–H groups in total. The Bertz CT molecular complexity index is 2150. The van der Waals surface area contributed by atoms with Crippen LogP contribution in [0.1, 0.15) is 13.8 Å². The number of benzene rings is 7. The van der Waals surface area contributed by atoms with Crippen molar-refractivity contribution < 1.29 is 0 Å². The number of rotatable bonds is 8. The molecule has 2 nitrogen and oxygen atoms in total. The van der Waals surface area contributed by atoms with E-state index in [4.69, 9.17) is 0 Å². The molecule has 0 spiro atoms. The molecule has 0 saturated carbocycles. The Hall–Kier alpha value is -5.86. The highest BCUT2D eigenvalue weighted by Crippen LogP contribution is 2.40. The van der Waals surface area contributed by atoms with Gasteiger partial charge in [-0.1, -0.05) is 127 Å². The molecule has 0 saturated heterocycles. The summed E-state index contributed by atoms with van der Waals surface area (Å²) in [6.45, 7) is 4.16. The van der Waals surface area contributed by atoms with Crippen molar-refractivity contribution in [3.05, 3.63) is 188 Å².